The average molecular weight is 153 g/mol. The summed E-state index contributed by atoms with van der Waals surface area (Å²) in [5.74, 6) is 2.05. The Morgan fingerprint density at radius 3 is 2.50 bits per heavy atom. The van der Waals surface area contributed by atoms with Crippen LogP contribution in [0.25, 0.3) is 0 Å². The molecule has 10 heavy (non-hydrogen) atoms. The standard InChI is InChI=1S/C5H6F3NO/c1-2-3-9-10-4-5(6,7)8/h1,9H,3-4H2. The van der Waals surface area contributed by atoms with Crippen molar-refractivity contribution in [3.05, 3.63) is 0 Å². The zero-order valence-corrected chi connectivity index (χ0v) is 5.03. The van der Waals surface area contributed by atoms with Gasteiger partial charge in [-0.25, -0.2) is 0 Å². The van der Waals surface area contributed by atoms with Gasteiger partial charge in [-0.15, -0.1) is 6.42 Å². The van der Waals surface area contributed by atoms with E-state index in [0.29, 0.717) is 0 Å². The van der Waals surface area contributed by atoms with Crippen LogP contribution < -0.4 is 5.48 Å². The molecule has 0 aromatic heterocycles. The molecule has 0 heterocycles. The smallest absolute Gasteiger partial charge is 0.291 e. The first kappa shape index (κ1) is 9.27. The molecule has 0 aliphatic heterocycles. The third-order valence-corrected chi connectivity index (χ3v) is 0.512. The molecule has 2 nitrogen and oxygen atoms in total. The van der Waals surface area contributed by atoms with Crippen LogP contribution in [0.1, 0.15) is 0 Å². The van der Waals surface area contributed by atoms with Gasteiger partial charge in [0.25, 0.3) is 0 Å². The summed E-state index contributed by atoms with van der Waals surface area (Å²) in [7, 11) is 0. The van der Waals surface area contributed by atoms with Gasteiger partial charge in [0.2, 0.25) is 0 Å². The van der Waals surface area contributed by atoms with Gasteiger partial charge < -0.3 is 0 Å². The van der Waals surface area contributed by atoms with E-state index in [-0.39, 0.29) is 6.54 Å². The van der Waals surface area contributed by atoms with Crippen LogP contribution in [0.4, 0.5) is 13.2 Å². The number of terminal acetylenes is 1. The number of hydrogen-bond acceptors (Lipinski definition) is 2. The first-order valence-corrected chi connectivity index (χ1v) is 2.41. The van der Waals surface area contributed by atoms with Gasteiger partial charge in [-0.2, -0.15) is 18.7 Å². The number of halogens is 3. The van der Waals surface area contributed by atoms with Crippen molar-refractivity contribution in [1.29, 1.82) is 0 Å². The summed E-state index contributed by atoms with van der Waals surface area (Å²) < 4.78 is 33.8. The summed E-state index contributed by atoms with van der Waals surface area (Å²) in [6, 6.07) is 0. The highest BCUT2D eigenvalue weighted by Crippen LogP contribution is 2.13. The van der Waals surface area contributed by atoms with Crippen molar-refractivity contribution >= 4 is 0 Å². The van der Waals surface area contributed by atoms with E-state index >= 15 is 0 Å². The fourth-order valence-electron chi connectivity index (χ4n) is 0.226. The van der Waals surface area contributed by atoms with Crippen molar-refractivity contribution < 1.29 is 18.0 Å². The van der Waals surface area contributed by atoms with Crippen molar-refractivity contribution in [2.24, 2.45) is 0 Å². The van der Waals surface area contributed by atoms with Gasteiger partial charge in [-0.1, -0.05) is 5.92 Å². The summed E-state index contributed by atoms with van der Waals surface area (Å²) in [5.41, 5.74) is 1.94. The monoisotopic (exact) mass is 153 g/mol. The van der Waals surface area contributed by atoms with E-state index in [4.69, 9.17) is 6.42 Å². The minimum atomic E-state index is -4.30. The minimum absolute atomic E-state index is 0.0317. The molecule has 5 heteroatoms. The number of alkyl halides is 3. The molecule has 0 unspecified atom stereocenters. The Kier molecular flexibility index (Phi) is 3.84. The number of rotatable bonds is 3. The first-order chi connectivity index (χ1) is 4.56. The maximum atomic E-state index is 11.3. The predicted molar refractivity (Wildman–Crippen MR) is 28.8 cm³/mol. The molecule has 0 radical (unpaired) electrons. The molecule has 0 bridgehead atoms. The largest absolute Gasteiger partial charge is 0.413 e. The van der Waals surface area contributed by atoms with Crippen molar-refractivity contribution in [3.63, 3.8) is 0 Å². The molecule has 0 saturated heterocycles. The molecule has 0 spiro atoms. The Morgan fingerprint density at radius 1 is 1.50 bits per heavy atom. The fourth-order valence-corrected chi connectivity index (χ4v) is 0.226. The molecule has 0 aromatic carbocycles. The Hall–Kier alpha value is -0.730. The van der Waals surface area contributed by atoms with E-state index in [2.05, 4.69) is 10.8 Å². The van der Waals surface area contributed by atoms with E-state index in [1.54, 1.807) is 0 Å². The van der Waals surface area contributed by atoms with Gasteiger partial charge in [0.05, 0.1) is 6.54 Å². The molecule has 0 aliphatic rings. The number of hydrogen-bond donors (Lipinski definition) is 1. The van der Waals surface area contributed by atoms with Crippen molar-refractivity contribution in [2.45, 2.75) is 6.18 Å². The number of hydroxylamine groups is 1. The lowest BCUT2D eigenvalue weighted by Gasteiger charge is -2.05. The van der Waals surface area contributed by atoms with Crippen LogP contribution in [0.3, 0.4) is 0 Å². The predicted octanol–water partition coefficient (Wildman–Crippen LogP) is 0.703. The Balaban J connectivity index is 3.14. The molecule has 0 aliphatic carbocycles. The molecular formula is C5H6F3NO. The molecule has 0 aromatic rings. The quantitative estimate of drug-likeness (QED) is 0.366. The Bertz CT molecular complexity index is 126. The second-order valence-corrected chi connectivity index (χ2v) is 1.43. The van der Waals surface area contributed by atoms with Crippen LogP contribution in [-0.2, 0) is 4.84 Å². The molecule has 0 rings (SSSR count). The zero-order chi connectivity index (χ0) is 8.04. The van der Waals surface area contributed by atoms with Gasteiger partial charge in [0, 0.05) is 0 Å². The van der Waals surface area contributed by atoms with Crippen molar-refractivity contribution in [1.82, 2.24) is 5.48 Å². The van der Waals surface area contributed by atoms with E-state index in [1.165, 1.54) is 0 Å². The molecule has 58 valence electrons. The third kappa shape index (κ3) is 7.27. The lowest BCUT2D eigenvalue weighted by molar-refractivity contribution is -0.188. The summed E-state index contributed by atoms with van der Waals surface area (Å²) in [6.07, 6.45) is 0.401. The van der Waals surface area contributed by atoms with Gasteiger partial charge >= 0.3 is 6.18 Å². The van der Waals surface area contributed by atoms with Crippen molar-refractivity contribution in [3.8, 4) is 12.3 Å². The Labute approximate surface area is 56.3 Å². The normalized spacial score (nSPS) is 11.0. The molecular weight excluding hydrogens is 147 g/mol. The SMILES string of the molecule is C#CCNOCC(F)(F)F. The second-order valence-electron chi connectivity index (χ2n) is 1.43. The average Bonchev–Trinajstić information content (AvgIpc) is 1.78. The second kappa shape index (κ2) is 4.14. The van der Waals surface area contributed by atoms with Crippen LogP contribution in [0, 0.1) is 12.3 Å². The van der Waals surface area contributed by atoms with Crippen LogP contribution in [-0.4, -0.2) is 19.3 Å². The highest BCUT2D eigenvalue weighted by Gasteiger charge is 2.27. The summed E-state index contributed by atoms with van der Waals surface area (Å²) >= 11 is 0. The molecule has 1 N–H and O–H groups in total. The van der Waals surface area contributed by atoms with Crippen LogP contribution >= 0.6 is 0 Å². The molecule has 0 saturated carbocycles. The number of nitrogens with one attached hydrogen (secondary N) is 1. The van der Waals surface area contributed by atoms with Crippen molar-refractivity contribution in [2.75, 3.05) is 13.2 Å². The van der Waals surface area contributed by atoms with E-state index in [9.17, 15) is 13.2 Å². The van der Waals surface area contributed by atoms with Gasteiger partial charge in [0.15, 0.2) is 6.61 Å². The summed E-state index contributed by atoms with van der Waals surface area (Å²) in [6.45, 7) is -1.36. The van der Waals surface area contributed by atoms with Crippen LogP contribution in [0.5, 0.6) is 0 Å². The Morgan fingerprint density at radius 2 is 2.10 bits per heavy atom. The highest BCUT2D eigenvalue weighted by atomic mass is 19.4. The maximum Gasteiger partial charge on any atom is 0.413 e. The van der Waals surface area contributed by atoms with Gasteiger partial charge in [-0.3, -0.25) is 4.84 Å². The van der Waals surface area contributed by atoms with E-state index < -0.39 is 12.8 Å². The zero-order valence-electron chi connectivity index (χ0n) is 5.03. The molecule has 0 fully saturated rings. The van der Waals surface area contributed by atoms with Crippen LogP contribution in [0.2, 0.25) is 0 Å². The van der Waals surface area contributed by atoms with Gasteiger partial charge in [-0.05, 0) is 0 Å². The maximum absolute atomic E-state index is 11.3. The molecule has 0 amide bonds. The minimum Gasteiger partial charge on any atom is -0.291 e. The first-order valence-electron chi connectivity index (χ1n) is 2.41. The molecule has 0 atom stereocenters. The lowest BCUT2D eigenvalue weighted by atomic mass is 10.7. The van der Waals surface area contributed by atoms with Gasteiger partial charge in [0.1, 0.15) is 0 Å². The van der Waals surface area contributed by atoms with E-state index in [0.717, 1.165) is 0 Å². The topological polar surface area (TPSA) is 21.3 Å². The van der Waals surface area contributed by atoms with Crippen LogP contribution in [0.15, 0.2) is 0 Å². The highest BCUT2D eigenvalue weighted by molar-refractivity contribution is 4.84. The summed E-state index contributed by atoms with van der Waals surface area (Å²) in [4.78, 5) is 3.92. The summed E-state index contributed by atoms with van der Waals surface area (Å²) in [5, 5.41) is 0. The van der Waals surface area contributed by atoms with E-state index in [1.807, 2.05) is 5.48 Å². The fraction of sp³-hybridized carbons (Fsp3) is 0.600. The third-order valence-electron chi connectivity index (χ3n) is 0.512. The lowest BCUT2D eigenvalue weighted by Crippen LogP contribution is -2.24.